The van der Waals surface area contributed by atoms with Gasteiger partial charge in [0.15, 0.2) is 5.11 Å². The van der Waals surface area contributed by atoms with Gasteiger partial charge in [-0.15, -0.1) is 0 Å². The lowest BCUT2D eigenvalue weighted by molar-refractivity contribution is 0.731. The summed E-state index contributed by atoms with van der Waals surface area (Å²) in [5, 5.41) is 11.7. The van der Waals surface area contributed by atoms with Crippen LogP contribution in [0.4, 0.5) is 5.69 Å². The molecule has 2 N–H and O–H groups in total. The number of hydrogen-bond donors (Lipinski definition) is 2. The highest BCUT2D eigenvalue weighted by Gasteiger charge is 2.06. The first-order valence-electron chi connectivity index (χ1n) is 5.53. The fraction of sp³-hybridized carbons (Fsp3) is 0.167. The Morgan fingerprint density at radius 3 is 2.84 bits per heavy atom. The highest BCUT2D eigenvalue weighted by molar-refractivity contribution is 7.80. The van der Waals surface area contributed by atoms with Crippen LogP contribution in [0.25, 0.3) is 0 Å². The summed E-state index contributed by atoms with van der Waals surface area (Å²) in [4.78, 5) is 0. The molecule has 0 unspecified atom stereocenters. The molecular formula is C12H12Cl2N4S. The summed E-state index contributed by atoms with van der Waals surface area (Å²) in [7, 11) is 1.87. The predicted octanol–water partition coefficient (Wildman–Crippen LogP) is 3.21. The molecule has 0 saturated heterocycles. The molecule has 0 atom stereocenters. The van der Waals surface area contributed by atoms with Gasteiger partial charge in [0.05, 0.1) is 28.0 Å². The van der Waals surface area contributed by atoms with Crippen LogP contribution in [-0.4, -0.2) is 14.9 Å². The lowest BCUT2D eigenvalue weighted by Crippen LogP contribution is -2.28. The summed E-state index contributed by atoms with van der Waals surface area (Å²) >= 11 is 17.2. The smallest absolute Gasteiger partial charge is 0.171 e. The van der Waals surface area contributed by atoms with E-state index in [-0.39, 0.29) is 0 Å². The third-order valence-electron chi connectivity index (χ3n) is 2.40. The number of hydrogen-bond acceptors (Lipinski definition) is 2. The molecule has 2 rings (SSSR count). The first kappa shape index (κ1) is 14.1. The molecule has 1 heterocycles. The van der Waals surface area contributed by atoms with Gasteiger partial charge >= 0.3 is 0 Å². The zero-order chi connectivity index (χ0) is 13.8. The van der Waals surface area contributed by atoms with Crippen LogP contribution >= 0.6 is 35.4 Å². The fourth-order valence-corrected chi connectivity index (χ4v) is 2.03. The van der Waals surface area contributed by atoms with Crippen molar-refractivity contribution in [3.05, 3.63) is 46.2 Å². The number of rotatable bonds is 3. The van der Waals surface area contributed by atoms with Crippen molar-refractivity contribution in [3.63, 3.8) is 0 Å². The number of nitrogens with one attached hydrogen (secondary N) is 2. The van der Waals surface area contributed by atoms with Gasteiger partial charge in [-0.1, -0.05) is 29.3 Å². The number of nitrogens with zero attached hydrogens (tertiary/aromatic N) is 2. The van der Waals surface area contributed by atoms with Crippen LogP contribution in [0.1, 0.15) is 5.69 Å². The third kappa shape index (κ3) is 3.83. The van der Waals surface area contributed by atoms with E-state index in [4.69, 9.17) is 35.4 Å². The standard InChI is InChI=1S/C12H12Cl2N4S/c1-18-6-5-8(17-18)7-15-12(19)16-10-4-2-3-9(13)11(10)14/h2-6H,7H2,1H3,(H2,15,16,19). The summed E-state index contributed by atoms with van der Waals surface area (Å²) < 4.78 is 1.74. The van der Waals surface area contributed by atoms with Gasteiger partial charge in [0.25, 0.3) is 0 Å². The van der Waals surface area contributed by atoms with Gasteiger partial charge in [0.1, 0.15) is 0 Å². The second-order valence-electron chi connectivity index (χ2n) is 3.89. The molecule has 0 aliphatic heterocycles. The van der Waals surface area contributed by atoms with Gasteiger partial charge in [0, 0.05) is 13.2 Å². The van der Waals surface area contributed by atoms with Gasteiger partial charge in [0.2, 0.25) is 0 Å². The number of benzene rings is 1. The second kappa shape index (κ2) is 6.23. The van der Waals surface area contributed by atoms with Crippen LogP contribution in [0.5, 0.6) is 0 Å². The number of halogens is 2. The van der Waals surface area contributed by atoms with Crippen LogP contribution in [0.3, 0.4) is 0 Å². The largest absolute Gasteiger partial charge is 0.357 e. The van der Waals surface area contributed by atoms with Gasteiger partial charge in [-0.05, 0) is 30.4 Å². The van der Waals surface area contributed by atoms with E-state index in [9.17, 15) is 0 Å². The number of thiocarbonyl (C=S) groups is 1. The third-order valence-corrected chi connectivity index (χ3v) is 3.46. The number of aryl methyl sites for hydroxylation is 1. The van der Waals surface area contributed by atoms with Crippen LogP contribution < -0.4 is 10.6 Å². The molecule has 7 heteroatoms. The zero-order valence-corrected chi connectivity index (χ0v) is 12.5. The van der Waals surface area contributed by atoms with Crippen molar-refractivity contribution in [1.29, 1.82) is 0 Å². The Bertz CT molecular complexity index is 597. The second-order valence-corrected chi connectivity index (χ2v) is 5.08. The van der Waals surface area contributed by atoms with Gasteiger partial charge in [-0.3, -0.25) is 4.68 Å². The monoisotopic (exact) mass is 314 g/mol. The molecule has 0 amide bonds. The van der Waals surface area contributed by atoms with Crippen molar-refractivity contribution in [2.45, 2.75) is 6.54 Å². The number of aromatic nitrogens is 2. The van der Waals surface area contributed by atoms with Crippen LogP contribution in [0.15, 0.2) is 30.5 Å². The van der Waals surface area contributed by atoms with Crippen LogP contribution in [0.2, 0.25) is 10.0 Å². The topological polar surface area (TPSA) is 41.9 Å². The Morgan fingerprint density at radius 2 is 2.16 bits per heavy atom. The molecule has 0 fully saturated rings. The predicted molar refractivity (Wildman–Crippen MR) is 82.7 cm³/mol. The first-order valence-corrected chi connectivity index (χ1v) is 6.70. The Morgan fingerprint density at radius 1 is 1.37 bits per heavy atom. The molecule has 0 bridgehead atoms. The van der Waals surface area contributed by atoms with Crippen molar-refractivity contribution < 1.29 is 0 Å². The molecule has 4 nitrogen and oxygen atoms in total. The van der Waals surface area contributed by atoms with Gasteiger partial charge in [-0.25, -0.2) is 0 Å². The molecule has 19 heavy (non-hydrogen) atoms. The average Bonchev–Trinajstić information content (AvgIpc) is 2.78. The molecule has 2 aromatic rings. The maximum absolute atomic E-state index is 6.06. The lowest BCUT2D eigenvalue weighted by Gasteiger charge is -2.11. The minimum absolute atomic E-state index is 0.450. The zero-order valence-electron chi connectivity index (χ0n) is 10.2. The summed E-state index contributed by atoms with van der Waals surface area (Å²) in [6.45, 7) is 0.546. The highest BCUT2D eigenvalue weighted by atomic mass is 35.5. The molecular weight excluding hydrogens is 303 g/mol. The summed E-state index contributed by atoms with van der Waals surface area (Å²) in [6, 6.07) is 7.25. The van der Waals surface area contributed by atoms with E-state index in [1.807, 2.05) is 25.4 Å². The Balaban J connectivity index is 1.92. The van der Waals surface area contributed by atoms with E-state index in [1.54, 1.807) is 16.8 Å². The Kier molecular flexibility index (Phi) is 4.63. The van der Waals surface area contributed by atoms with Crippen molar-refractivity contribution >= 4 is 46.2 Å². The molecule has 0 saturated carbocycles. The van der Waals surface area contributed by atoms with Gasteiger partial charge in [-0.2, -0.15) is 5.10 Å². The number of anilines is 1. The molecule has 100 valence electrons. The quantitative estimate of drug-likeness (QED) is 0.854. The molecule has 0 aliphatic carbocycles. The Hall–Kier alpha value is -1.30. The molecule has 0 spiro atoms. The minimum Gasteiger partial charge on any atom is -0.357 e. The van der Waals surface area contributed by atoms with E-state index in [1.165, 1.54) is 0 Å². The van der Waals surface area contributed by atoms with Crippen LogP contribution in [-0.2, 0) is 13.6 Å². The highest BCUT2D eigenvalue weighted by Crippen LogP contribution is 2.29. The summed E-state index contributed by atoms with van der Waals surface area (Å²) in [5.74, 6) is 0. The van der Waals surface area contributed by atoms with E-state index < -0.39 is 0 Å². The average molecular weight is 315 g/mol. The normalized spacial score (nSPS) is 10.3. The van der Waals surface area contributed by atoms with E-state index in [0.29, 0.717) is 27.4 Å². The minimum atomic E-state index is 0.450. The molecule has 0 aliphatic rings. The van der Waals surface area contributed by atoms with Gasteiger partial charge < -0.3 is 10.6 Å². The Labute approximate surface area is 126 Å². The lowest BCUT2D eigenvalue weighted by atomic mass is 10.3. The molecule has 1 aromatic carbocycles. The van der Waals surface area contributed by atoms with E-state index in [0.717, 1.165) is 5.69 Å². The maximum Gasteiger partial charge on any atom is 0.171 e. The first-order chi connectivity index (χ1) is 9.06. The molecule has 0 radical (unpaired) electrons. The van der Waals surface area contributed by atoms with Crippen molar-refractivity contribution in [2.24, 2.45) is 7.05 Å². The maximum atomic E-state index is 6.06. The SMILES string of the molecule is Cn1ccc(CNC(=S)Nc2cccc(Cl)c2Cl)n1. The summed E-state index contributed by atoms with van der Waals surface area (Å²) in [6.07, 6.45) is 1.88. The van der Waals surface area contributed by atoms with Crippen LogP contribution in [0, 0.1) is 0 Å². The van der Waals surface area contributed by atoms with Crippen molar-refractivity contribution in [2.75, 3.05) is 5.32 Å². The van der Waals surface area contributed by atoms with Crippen molar-refractivity contribution in [1.82, 2.24) is 15.1 Å². The summed E-state index contributed by atoms with van der Waals surface area (Å²) in [5.41, 5.74) is 1.58. The van der Waals surface area contributed by atoms with E-state index >= 15 is 0 Å². The van der Waals surface area contributed by atoms with Crippen molar-refractivity contribution in [3.8, 4) is 0 Å². The van der Waals surface area contributed by atoms with E-state index in [2.05, 4.69) is 15.7 Å². The molecule has 1 aromatic heterocycles. The fourth-order valence-electron chi connectivity index (χ4n) is 1.50.